The lowest BCUT2D eigenvalue weighted by molar-refractivity contribution is -0.150. The minimum Gasteiger partial charge on any atom is -0.477 e. The predicted molar refractivity (Wildman–Crippen MR) is 173 cm³/mol. The summed E-state index contributed by atoms with van der Waals surface area (Å²) in [6, 6.07) is -0.943. The number of aliphatic carboxylic acids is 1. The number of carbonyl (C=O) groups is 3. The largest absolute Gasteiger partial charge is 0.477 e. The molecule has 2 saturated heterocycles. The average Bonchev–Trinajstić information content (AvgIpc) is 3.82. The number of nitrogens with one attached hydrogen (secondary N) is 1. The van der Waals surface area contributed by atoms with E-state index in [4.69, 9.17) is 10.6 Å². The van der Waals surface area contributed by atoms with Crippen molar-refractivity contribution in [3.05, 3.63) is 34.5 Å². The van der Waals surface area contributed by atoms with E-state index < -0.39 is 29.2 Å². The molecule has 0 bridgehead atoms. The summed E-state index contributed by atoms with van der Waals surface area (Å²) < 4.78 is 1.74. The number of hydrogen-bond acceptors (Lipinski definition) is 15. The van der Waals surface area contributed by atoms with Crippen molar-refractivity contribution >= 4 is 63.5 Å². The first-order valence-corrected chi connectivity index (χ1v) is 17.8. The molecule has 0 radical (unpaired) electrons. The van der Waals surface area contributed by atoms with Gasteiger partial charge in [-0.2, -0.15) is 0 Å². The van der Waals surface area contributed by atoms with Gasteiger partial charge in [0, 0.05) is 56.2 Å². The summed E-state index contributed by atoms with van der Waals surface area (Å²) >= 11 is 3.88. The number of β-lactam (4-membered cyclic amide) rings is 1. The van der Waals surface area contributed by atoms with E-state index in [1.807, 2.05) is 12.2 Å². The minimum absolute atomic E-state index is 0.0710. The molecule has 16 nitrogen and oxygen atoms in total. The summed E-state index contributed by atoms with van der Waals surface area (Å²) in [5, 5.41) is 30.8. The monoisotopic (exact) mass is 689 g/mol. The van der Waals surface area contributed by atoms with E-state index in [1.165, 1.54) is 28.4 Å². The number of aryl methyl sites for hydroxylation is 1. The fraction of sp³-hybridized carbons (Fsp3) is 0.556. The quantitative estimate of drug-likeness (QED) is 0.0855. The number of thioether (sulfide) groups is 2. The molecule has 46 heavy (non-hydrogen) atoms. The van der Waals surface area contributed by atoms with Gasteiger partial charge >= 0.3 is 5.97 Å². The van der Waals surface area contributed by atoms with Gasteiger partial charge in [0.15, 0.2) is 10.8 Å². The zero-order valence-electron chi connectivity index (χ0n) is 25.1. The molecule has 2 fully saturated rings. The molecule has 4 N–H and O–H groups in total. The van der Waals surface area contributed by atoms with E-state index in [0.29, 0.717) is 28.8 Å². The van der Waals surface area contributed by atoms with Gasteiger partial charge in [-0.25, -0.2) is 14.5 Å². The smallest absolute Gasteiger partial charge is 0.352 e. The average molecular weight is 690 g/mol. The van der Waals surface area contributed by atoms with Crippen LogP contribution in [0.5, 0.6) is 0 Å². The highest BCUT2D eigenvalue weighted by Gasteiger charge is 2.54. The van der Waals surface area contributed by atoms with Gasteiger partial charge in [-0.05, 0) is 48.4 Å². The number of aromatic nitrogens is 5. The molecule has 2 amide bonds. The van der Waals surface area contributed by atoms with Gasteiger partial charge in [-0.3, -0.25) is 14.5 Å². The number of tetrazole rings is 1. The van der Waals surface area contributed by atoms with Crippen molar-refractivity contribution in [2.75, 3.05) is 57.0 Å². The Morgan fingerprint density at radius 2 is 2.09 bits per heavy atom. The van der Waals surface area contributed by atoms with Crippen molar-refractivity contribution < 1.29 is 24.3 Å². The highest BCUT2D eigenvalue weighted by Crippen LogP contribution is 2.41. The number of fused-ring (bicyclic) bond motifs is 1. The first-order chi connectivity index (χ1) is 22.3. The van der Waals surface area contributed by atoms with E-state index in [2.05, 4.69) is 47.8 Å². The van der Waals surface area contributed by atoms with Gasteiger partial charge in [-0.15, -0.1) is 28.2 Å². The van der Waals surface area contributed by atoms with Gasteiger partial charge in [0.25, 0.3) is 11.8 Å². The maximum Gasteiger partial charge on any atom is 0.352 e. The molecule has 5 heterocycles. The number of carbonyl (C=O) groups excluding carboxylic acids is 2. The number of likely N-dealkylation sites (N-methyl/N-ethyl adjacent to an activating group) is 1. The maximum absolute atomic E-state index is 13.4. The van der Waals surface area contributed by atoms with Crippen molar-refractivity contribution in [1.82, 2.24) is 45.2 Å². The SMILES string of the molecule is CN1CCN(CCCn2nnnc2SCC2=C(C(=O)O)N3C(=O)C(NC(=O)/C(=N\OC4C=CCC4)c4csc(N)n4)[C@H]3SC2)CC1. The number of anilines is 1. The lowest BCUT2D eigenvalue weighted by Gasteiger charge is -2.49. The molecule has 19 heteroatoms. The third kappa shape index (κ3) is 7.22. The van der Waals surface area contributed by atoms with E-state index in [9.17, 15) is 19.5 Å². The first-order valence-electron chi connectivity index (χ1n) is 14.9. The Morgan fingerprint density at radius 1 is 1.26 bits per heavy atom. The summed E-state index contributed by atoms with van der Waals surface area (Å²) in [7, 11) is 2.13. The molecular weight excluding hydrogens is 655 g/mol. The Bertz CT molecular complexity index is 1550. The lowest BCUT2D eigenvalue weighted by Crippen LogP contribution is -2.71. The van der Waals surface area contributed by atoms with Crippen LogP contribution in [0.25, 0.3) is 0 Å². The molecule has 1 aliphatic carbocycles. The van der Waals surface area contributed by atoms with Crippen LogP contribution in [0.15, 0.2) is 39.1 Å². The lowest BCUT2D eigenvalue weighted by atomic mass is 10.0. The van der Waals surface area contributed by atoms with Crippen LogP contribution in [-0.2, 0) is 25.8 Å². The van der Waals surface area contributed by atoms with E-state index in [-0.39, 0.29) is 28.3 Å². The molecule has 0 spiro atoms. The number of nitrogens with zero attached hydrogens (tertiary/aromatic N) is 9. The summed E-state index contributed by atoms with van der Waals surface area (Å²) in [5.74, 6) is -1.72. The molecule has 0 aromatic carbocycles. The van der Waals surface area contributed by atoms with Crippen LogP contribution in [0.3, 0.4) is 0 Å². The maximum atomic E-state index is 13.4. The Labute approximate surface area is 277 Å². The second-order valence-corrected chi connectivity index (χ2v) is 14.2. The fourth-order valence-corrected chi connectivity index (χ4v) is 8.46. The van der Waals surface area contributed by atoms with Crippen LogP contribution in [0, 0.1) is 0 Å². The van der Waals surface area contributed by atoms with Crippen molar-refractivity contribution in [3.8, 4) is 0 Å². The fourth-order valence-electron chi connectivity index (χ4n) is 5.53. The third-order valence-corrected chi connectivity index (χ3v) is 11.1. The van der Waals surface area contributed by atoms with E-state index in [1.54, 1.807) is 10.1 Å². The molecule has 0 saturated carbocycles. The molecule has 2 aromatic heterocycles. The number of piperazine rings is 1. The molecule has 6 rings (SSSR count). The molecule has 4 aliphatic rings. The van der Waals surface area contributed by atoms with Crippen LogP contribution in [0.4, 0.5) is 5.13 Å². The van der Waals surface area contributed by atoms with Crippen LogP contribution in [0.2, 0.25) is 0 Å². The Balaban J connectivity index is 1.08. The Kier molecular flexibility index (Phi) is 10.2. The number of rotatable bonds is 13. The molecule has 3 atom stereocenters. The van der Waals surface area contributed by atoms with Gasteiger partial charge < -0.3 is 30.8 Å². The third-order valence-electron chi connectivity index (χ3n) is 8.08. The number of nitrogen functional groups attached to an aromatic ring is 1. The van der Waals surface area contributed by atoms with Gasteiger partial charge in [0.2, 0.25) is 5.16 Å². The summed E-state index contributed by atoms with van der Waals surface area (Å²) in [6.45, 7) is 5.80. The van der Waals surface area contributed by atoms with Crippen LogP contribution >= 0.6 is 34.9 Å². The number of carboxylic acids is 1. The van der Waals surface area contributed by atoms with Crippen molar-refractivity contribution in [2.24, 2.45) is 5.16 Å². The number of amides is 2. The second-order valence-electron chi connectivity index (χ2n) is 11.3. The van der Waals surface area contributed by atoms with Crippen molar-refractivity contribution in [1.29, 1.82) is 0 Å². The van der Waals surface area contributed by atoms with Gasteiger partial charge in [0.05, 0.1) is 0 Å². The highest BCUT2D eigenvalue weighted by atomic mass is 32.2. The Hall–Kier alpha value is -3.52. The predicted octanol–water partition coefficient (Wildman–Crippen LogP) is 0.320. The summed E-state index contributed by atoms with van der Waals surface area (Å²) in [4.78, 5) is 54.8. The second kappa shape index (κ2) is 14.5. The Morgan fingerprint density at radius 3 is 2.80 bits per heavy atom. The first kappa shape index (κ1) is 32.4. The van der Waals surface area contributed by atoms with E-state index in [0.717, 1.165) is 63.3 Å². The number of thiazole rings is 1. The molecule has 246 valence electrons. The summed E-state index contributed by atoms with van der Waals surface area (Å²) in [6.07, 6.45) is 6.06. The zero-order chi connectivity index (χ0) is 32.2. The molecule has 2 aromatic rings. The topological polar surface area (TPSA) is 197 Å². The minimum atomic E-state index is -1.20. The molecule has 3 aliphatic heterocycles. The zero-order valence-corrected chi connectivity index (χ0v) is 27.6. The van der Waals surface area contributed by atoms with Crippen LogP contribution < -0.4 is 11.1 Å². The van der Waals surface area contributed by atoms with Gasteiger partial charge in [-0.1, -0.05) is 23.0 Å². The number of carboxylic acid groups (broad SMARTS) is 1. The van der Waals surface area contributed by atoms with Crippen molar-refractivity contribution in [3.63, 3.8) is 0 Å². The normalized spacial score (nSPS) is 23.8. The van der Waals surface area contributed by atoms with Crippen LogP contribution in [-0.4, -0.2) is 137 Å². The van der Waals surface area contributed by atoms with Crippen molar-refractivity contribution in [2.45, 2.75) is 48.5 Å². The summed E-state index contributed by atoms with van der Waals surface area (Å²) in [5.41, 5.74) is 6.42. The van der Waals surface area contributed by atoms with E-state index >= 15 is 0 Å². The highest BCUT2D eigenvalue weighted by molar-refractivity contribution is 8.01. The number of nitrogens with two attached hydrogens (primary N) is 1. The van der Waals surface area contributed by atoms with Crippen LogP contribution in [0.1, 0.15) is 25.0 Å². The number of hydrogen-bond donors (Lipinski definition) is 3. The molecular formula is C27H35N11O5S3. The number of oxime groups is 1. The molecule has 2 unspecified atom stereocenters. The van der Waals surface area contributed by atoms with Gasteiger partial charge in [0.1, 0.15) is 28.9 Å². The standard InChI is InChI=1S/C27H35N11O5S3/c1-35-9-11-36(12-10-35)7-4-8-37-27(31-33-34-37)46-14-16-13-44-24-20(23(40)38(24)21(16)25(41)42)30-22(39)19(18-15-45-26(28)29-18)32-43-17-5-2-3-6-17/h2,5,15,17,20,24H,3-4,6-14H2,1H3,(H2,28,29)(H,30,39)(H,41,42)/b32-19-/t17?,20?,24-/m1/s1. The number of allylic oxidation sites excluding steroid dienone is 1.